The lowest BCUT2D eigenvalue weighted by Gasteiger charge is -2.10. The van der Waals surface area contributed by atoms with Crippen LogP contribution in [0.4, 0.5) is 0 Å². The van der Waals surface area contributed by atoms with E-state index in [1.165, 1.54) is 0 Å². The number of carbonyl (C=O) groups excluding carboxylic acids is 1. The molecule has 0 spiro atoms. The zero-order valence-electron chi connectivity index (χ0n) is 16.7. The largest absolute Gasteiger partial charge is 0.489 e. The minimum atomic E-state index is -0.422. The number of amides is 1. The number of rotatable bonds is 8. The molecule has 29 heavy (non-hydrogen) atoms. The molecule has 6 nitrogen and oxygen atoms in total. The number of carbonyl (C=O) groups is 1. The number of ether oxygens (including phenoxy) is 1. The number of pyridine rings is 1. The fourth-order valence-electron chi connectivity index (χ4n) is 2.99. The van der Waals surface area contributed by atoms with Crippen molar-refractivity contribution in [2.24, 2.45) is 0 Å². The van der Waals surface area contributed by atoms with Crippen molar-refractivity contribution < 1.29 is 13.9 Å². The molecule has 6 heteroatoms. The van der Waals surface area contributed by atoms with Crippen LogP contribution in [0.15, 0.2) is 64.1 Å². The van der Waals surface area contributed by atoms with E-state index in [0.29, 0.717) is 36.5 Å². The Morgan fingerprint density at radius 3 is 2.72 bits per heavy atom. The fourth-order valence-corrected chi connectivity index (χ4v) is 2.99. The number of fused-ring (bicyclic) bond motifs is 1. The summed E-state index contributed by atoms with van der Waals surface area (Å²) in [5.41, 5.74) is 3.27. The van der Waals surface area contributed by atoms with Crippen molar-refractivity contribution in [3.05, 3.63) is 82.0 Å². The highest BCUT2D eigenvalue weighted by Gasteiger charge is 2.14. The fraction of sp³-hybridized carbons (Fsp3) is 0.261. The van der Waals surface area contributed by atoms with Crippen LogP contribution in [0.1, 0.15) is 30.0 Å². The molecule has 0 atom stereocenters. The predicted molar refractivity (Wildman–Crippen MR) is 112 cm³/mol. The third-order valence-electron chi connectivity index (χ3n) is 4.59. The zero-order valence-corrected chi connectivity index (χ0v) is 16.7. The minimum Gasteiger partial charge on any atom is -0.489 e. The summed E-state index contributed by atoms with van der Waals surface area (Å²) in [7, 11) is 0. The SMILES string of the molecule is C=C(C)COc1ccc2c(C)c(CCC(=O)NCc3ccncc3)c(=O)oc2c1. The summed E-state index contributed by atoms with van der Waals surface area (Å²) in [6.45, 7) is 8.39. The Bertz CT molecular complexity index is 1090. The van der Waals surface area contributed by atoms with E-state index in [0.717, 1.165) is 22.1 Å². The molecule has 0 fully saturated rings. The summed E-state index contributed by atoms with van der Waals surface area (Å²) in [4.78, 5) is 28.6. The Kier molecular flexibility index (Phi) is 6.44. The maximum absolute atomic E-state index is 12.5. The van der Waals surface area contributed by atoms with Gasteiger partial charge in [0.25, 0.3) is 0 Å². The van der Waals surface area contributed by atoms with Crippen molar-refractivity contribution >= 4 is 16.9 Å². The van der Waals surface area contributed by atoms with Crippen LogP contribution >= 0.6 is 0 Å². The van der Waals surface area contributed by atoms with Gasteiger partial charge in [-0.1, -0.05) is 6.58 Å². The number of benzene rings is 1. The van der Waals surface area contributed by atoms with Crippen LogP contribution < -0.4 is 15.7 Å². The number of aryl methyl sites for hydroxylation is 1. The molecular formula is C23H24N2O4. The lowest BCUT2D eigenvalue weighted by Crippen LogP contribution is -2.24. The number of hydrogen-bond donors (Lipinski definition) is 1. The molecule has 1 amide bonds. The highest BCUT2D eigenvalue weighted by Crippen LogP contribution is 2.25. The van der Waals surface area contributed by atoms with Gasteiger partial charge >= 0.3 is 5.63 Å². The number of hydrogen-bond acceptors (Lipinski definition) is 5. The Balaban J connectivity index is 1.69. The first kappa shape index (κ1) is 20.3. The highest BCUT2D eigenvalue weighted by molar-refractivity contribution is 5.82. The van der Waals surface area contributed by atoms with Gasteiger partial charge < -0.3 is 14.5 Å². The van der Waals surface area contributed by atoms with Gasteiger partial charge in [0, 0.05) is 42.4 Å². The van der Waals surface area contributed by atoms with E-state index in [2.05, 4.69) is 16.9 Å². The van der Waals surface area contributed by atoms with Crippen molar-refractivity contribution in [1.82, 2.24) is 10.3 Å². The average Bonchev–Trinajstić information content (AvgIpc) is 2.71. The van der Waals surface area contributed by atoms with Crippen LogP contribution in [-0.4, -0.2) is 17.5 Å². The Morgan fingerprint density at radius 1 is 1.24 bits per heavy atom. The third-order valence-corrected chi connectivity index (χ3v) is 4.59. The van der Waals surface area contributed by atoms with E-state index >= 15 is 0 Å². The summed E-state index contributed by atoms with van der Waals surface area (Å²) in [5.74, 6) is 0.496. The van der Waals surface area contributed by atoms with Crippen LogP contribution in [0.2, 0.25) is 0 Å². The van der Waals surface area contributed by atoms with Gasteiger partial charge in [-0.25, -0.2) is 4.79 Å². The molecule has 0 radical (unpaired) electrons. The molecule has 2 aromatic heterocycles. The summed E-state index contributed by atoms with van der Waals surface area (Å²) < 4.78 is 11.1. The van der Waals surface area contributed by atoms with Gasteiger partial charge in [0.05, 0.1) is 0 Å². The third kappa shape index (κ3) is 5.31. The predicted octanol–water partition coefficient (Wildman–Crippen LogP) is 3.70. The molecule has 1 N–H and O–H groups in total. The Morgan fingerprint density at radius 2 is 2.00 bits per heavy atom. The molecular weight excluding hydrogens is 368 g/mol. The number of nitrogens with one attached hydrogen (secondary N) is 1. The standard InChI is InChI=1S/C23H24N2O4/c1-15(2)14-28-18-4-5-19-16(3)20(23(27)29-21(19)12-18)6-7-22(26)25-13-17-8-10-24-11-9-17/h4-5,8-12H,1,6-7,13-14H2,2-3H3,(H,25,26). The van der Waals surface area contributed by atoms with Crippen LogP contribution in [0.5, 0.6) is 5.75 Å². The lowest BCUT2D eigenvalue weighted by atomic mass is 10.0. The molecule has 0 unspecified atom stereocenters. The van der Waals surface area contributed by atoms with Crippen molar-refractivity contribution in [2.45, 2.75) is 33.2 Å². The molecule has 0 aliphatic heterocycles. The van der Waals surface area contributed by atoms with E-state index in [4.69, 9.17) is 9.15 Å². The Labute approximate surface area is 169 Å². The minimum absolute atomic E-state index is 0.121. The molecule has 3 rings (SSSR count). The monoisotopic (exact) mass is 392 g/mol. The average molecular weight is 392 g/mol. The summed E-state index contributed by atoms with van der Waals surface area (Å²) in [6.07, 6.45) is 3.89. The van der Waals surface area contributed by atoms with Crippen molar-refractivity contribution in [2.75, 3.05) is 6.61 Å². The first-order chi connectivity index (χ1) is 13.9. The quantitative estimate of drug-likeness (QED) is 0.467. The smallest absolute Gasteiger partial charge is 0.339 e. The normalized spacial score (nSPS) is 10.7. The van der Waals surface area contributed by atoms with E-state index in [-0.39, 0.29) is 12.3 Å². The summed E-state index contributed by atoms with van der Waals surface area (Å²) >= 11 is 0. The Hall–Kier alpha value is -3.41. The molecule has 0 saturated heterocycles. The second-order valence-corrected chi connectivity index (χ2v) is 7.03. The van der Waals surface area contributed by atoms with E-state index in [9.17, 15) is 9.59 Å². The van der Waals surface area contributed by atoms with Gasteiger partial charge in [0.15, 0.2) is 0 Å². The molecule has 0 bridgehead atoms. The van der Waals surface area contributed by atoms with Crippen molar-refractivity contribution in [1.29, 1.82) is 0 Å². The molecule has 1 aromatic carbocycles. The maximum Gasteiger partial charge on any atom is 0.339 e. The summed E-state index contributed by atoms with van der Waals surface area (Å²) in [5, 5.41) is 3.69. The number of nitrogens with zero attached hydrogens (tertiary/aromatic N) is 1. The molecule has 0 aliphatic carbocycles. The van der Waals surface area contributed by atoms with Crippen LogP contribution in [0.25, 0.3) is 11.0 Å². The van der Waals surface area contributed by atoms with Gasteiger partial charge in [0.2, 0.25) is 5.91 Å². The molecule has 2 heterocycles. The van der Waals surface area contributed by atoms with Crippen LogP contribution in [0, 0.1) is 6.92 Å². The van der Waals surface area contributed by atoms with Gasteiger partial charge in [-0.15, -0.1) is 0 Å². The van der Waals surface area contributed by atoms with E-state index < -0.39 is 5.63 Å². The first-order valence-electron chi connectivity index (χ1n) is 9.43. The second-order valence-electron chi connectivity index (χ2n) is 7.03. The lowest BCUT2D eigenvalue weighted by molar-refractivity contribution is -0.121. The zero-order chi connectivity index (χ0) is 20.8. The second kappa shape index (κ2) is 9.19. The van der Waals surface area contributed by atoms with Gasteiger partial charge in [-0.05, 0) is 61.2 Å². The van der Waals surface area contributed by atoms with Gasteiger partial charge in [-0.2, -0.15) is 0 Å². The van der Waals surface area contributed by atoms with E-state index in [1.54, 1.807) is 18.5 Å². The van der Waals surface area contributed by atoms with Crippen LogP contribution in [0.3, 0.4) is 0 Å². The van der Waals surface area contributed by atoms with E-state index in [1.807, 2.05) is 38.1 Å². The topological polar surface area (TPSA) is 81.4 Å². The van der Waals surface area contributed by atoms with Crippen molar-refractivity contribution in [3.8, 4) is 5.75 Å². The highest BCUT2D eigenvalue weighted by atomic mass is 16.5. The molecule has 150 valence electrons. The molecule has 3 aromatic rings. The maximum atomic E-state index is 12.5. The molecule has 0 saturated carbocycles. The van der Waals surface area contributed by atoms with Crippen LogP contribution in [-0.2, 0) is 17.8 Å². The first-order valence-corrected chi connectivity index (χ1v) is 9.43. The van der Waals surface area contributed by atoms with Gasteiger partial charge in [-0.3, -0.25) is 9.78 Å². The van der Waals surface area contributed by atoms with Gasteiger partial charge in [0.1, 0.15) is 17.9 Å². The number of aromatic nitrogens is 1. The van der Waals surface area contributed by atoms with Crippen molar-refractivity contribution in [3.63, 3.8) is 0 Å². The molecule has 0 aliphatic rings. The summed E-state index contributed by atoms with van der Waals surface area (Å²) in [6, 6.07) is 9.10.